The van der Waals surface area contributed by atoms with Gasteiger partial charge in [-0.1, -0.05) is 34.8 Å². The fourth-order valence-corrected chi connectivity index (χ4v) is 0.688. The van der Waals surface area contributed by atoms with Gasteiger partial charge in [0, 0.05) is 0 Å². The van der Waals surface area contributed by atoms with Crippen molar-refractivity contribution in [1.29, 1.82) is 0 Å². The van der Waals surface area contributed by atoms with Crippen molar-refractivity contribution in [3.8, 4) is 0 Å². The highest BCUT2D eigenvalue weighted by Crippen LogP contribution is 2.43. The maximum atomic E-state index is 10.1. The molecule has 0 saturated heterocycles. The van der Waals surface area contributed by atoms with Crippen molar-refractivity contribution < 1.29 is 9.85 Å². The average Bonchev–Trinajstić information content (AvgIpc) is 1.82. The molecule has 0 aromatic heterocycles. The van der Waals surface area contributed by atoms with E-state index in [0.717, 1.165) is 0 Å². The summed E-state index contributed by atoms with van der Waals surface area (Å²) in [5, 5.41) is 16.8. The first-order valence-electron chi connectivity index (χ1n) is 2.18. The summed E-state index contributed by atoms with van der Waals surface area (Å²) < 4.78 is -2.82. The number of hydrogen-bond acceptors (Lipinski definition) is 4. The smallest absolute Gasteiger partial charge is 0.257 e. The van der Waals surface area contributed by atoms with Crippen LogP contribution in [0.25, 0.3) is 0 Å². The van der Waals surface area contributed by atoms with E-state index in [1.54, 1.807) is 0 Å². The summed E-state index contributed by atoms with van der Waals surface area (Å²) in [6, 6.07) is 0. The van der Waals surface area contributed by atoms with E-state index in [9.17, 15) is 20.2 Å². The Morgan fingerprint density at radius 2 is 1.17 bits per heavy atom. The fraction of sp³-hybridized carbons (Fsp3) is 1.00. The molecule has 0 radical (unpaired) electrons. The predicted octanol–water partition coefficient (Wildman–Crippen LogP) is 1.80. The molecule has 0 aliphatic carbocycles. The van der Waals surface area contributed by atoms with E-state index >= 15 is 0 Å². The van der Waals surface area contributed by atoms with Gasteiger partial charge in [0.1, 0.15) is 9.85 Å². The Morgan fingerprint density at radius 3 is 1.17 bits per heavy atom. The van der Waals surface area contributed by atoms with Gasteiger partial charge in [-0.15, -0.1) is 0 Å². The van der Waals surface area contributed by atoms with Crippen molar-refractivity contribution in [2.75, 3.05) is 0 Å². The van der Waals surface area contributed by atoms with Crippen LogP contribution in [-0.4, -0.2) is 18.8 Å². The largest absolute Gasteiger partial charge is 0.583 e. The first-order valence-corrected chi connectivity index (χ1v) is 3.70. The minimum Gasteiger partial charge on any atom is -0.257 e. The van der Waals surface area contributed by atoms with Crippen LogP contribution in [-0.2, 0) is 0 Å². The normalized spacial score (nSPS) is 12.7. The van der Waals surface area contributed by atoms with Crippen LogP contribution in [0.15, 0.2) is 0 Å². The SMILES string of the molecule is O=[N+]([O-])C(Cl)([N+](=O)[O-])C(Cl)(Cl)Cl. The van der Waals surface area contributed by atoms with Gasteiger partial charge in [-0.2, -0.15) is 0 Å². The zero-order chi connectivity index (χ0) is 10.2. The minimum atomic E-state index is -3.35. The number of hydrogen-bond donors (Lipinski definition) is 0. The molecule has 0 N–H and O–H groups in total. The molecule has 70 valence electrons. The Bertz CT molecular complexity index is 210. The topological polar surface area (TPSA) is 86.3 Å². The maximum absolute atomic E-state index is 10.1. The molecule has 0 atom stereocenters. The van der Waals surface area contributed by atoms with Gasteiger partial charge in [0.05, 0.1) is 11.6 Å². The van der Waals surface area contributed by atoms with E-state index in [1.807, 2.05) is 0 Å². The molecule has 0 aliphatic rings. The van der Waals surface area contributed by atoms with Crippen LogP contribution in [0.3, 0.4) is 0 Å². The Hall–Kier alpha value is -0.0400. The van der Waals surface area contributed by atoms with Gasteiger partial charge in [0.15, 0.2) is 0 Å². The van der Waals surface area contributed by atoms with Crippen molar-refractivity contribution in [2.24, 2.45) is 0 Å². The second-order valence-corrected chi connectivity index (χ2v) is 4.41. The van der Waals surface area contributed by atoms with E-state index in [2.05, 4.69) is 0 Å². The van der Waals surface area contributed by atoms with Crippen LogP contribution in [0.2, 0.25) is 0 Å². The van der Waals surface area contributed by atoms with E-state index < -0.39 is 18.8 Å². The summed E-state index contributed by atoms with van der Waals surface area (Å²) in [4.78, 5) is 17.2. The number of halogens is 4. The number of rotatable bonds is 2. The van der Waals surface area contributed by atoms with E-state index in [0.29, 0.717) is 0 Å². The molecule has 10 heteroatoms. The molecule has 0 aromatic carbocycles. The second kappa shape index (κ2) is 3.37. The lowest BCUT2D eigenvalue weighted by Gasteiger charge is -2.15. The van der Waals surface area contributed by atoms with Gasteiger partial charge in [0.2, 0.25) is 0 Å². The average molecular weight is 258 g/mol. The molecule has 0 rings (SSSR count). The molecule has 0 bridgehead atoms. The minimum absolute atomic E-state index is 1.48. The molecule has 0 amide bonds. The summed E-state index contributed by atoms with van der Waals surface area (Å²) in [5.41, 5.74) is 0. The Kier molecular flexibility index (Phi) is 3.36. The molecular formula is C2Cl4N2O4. The van der Waals surface area contributed by atoms with Crippen molar-refractivity contribution in [3.63, 3.8) is 0 Å². The van der Waals surface area contributed by atoms with Crippen LogP contribution >= 0.6 is 46.4 Å². The van der Waals surface area contributed by atoms with Gasteiger partial charge in [-0.3, -0.25) is 20.2 Å². The van der Waals surface area contributed by atoms with Gasteiger partial charge >= 0.3 is 8.91 Å². The molecule has 0 aliphatic heterocycles. The zero-order valence-electron chi connectivity index (χ0n) is 5.04. The monoisotopic (exact) mass is 256 g/mol. The number of nitrogens with zero attached hydrogens (tertiary/aromatic N) is 2. The highest BCUT2D eigenvalue weighted by Gasteiger charge is 2.71. The number of nitro groups is 2. The molecule has 6 nitrogen and oxygen atoms in total. The van der Waals surface area contributed by atoms with Crippen LogP contribution < -0.4 is 0 Å². The third-order valence-electron chi connectivity index (χ3n) is 0.845. The van der Waals surface area contributed by atoms with Crippen LogP contribution in [0.4, 0.5) is 0 Å². The van der Waals surface area contributed by atoms with Crippen molar-refractivity contribution in [3.05, 3.63) is 20.2 Å². The first-order chi connectivity index (χ1) is 5.14. The molecule has 0 aromatic rings. The summed E-state index contributed by atoms with van der Waals surface area (Å²) in [6.45, 7) is 0. The lowest BCUT2D eigenvalue weighted by Crippen LogP contribution is -2.51. The van der Waals surface area contributed by atoms with Crippen LogP contribution in [0.1, 0.15) is 0 Å². The maximum Gasteiger partial charge on any atom is 0.583 e. The lowest BCUT2D eigenvalue weighted by atomic mass is 10.6. The molecule has 0 unspecified atom stereocenters. The van der Waals surface area contributed by atoms with Gasteiger partial charge in [-0.05, 0) is 0 Å². The van der Waals surface area contributed by atoms with Gasteiger partial charge in [-0.25, -0.2) is 0 Å². The molecule has 12 heavy (non-hydrogen) atoms. The third-order valence-corrected chi connectivity index (χ3v) is 2.48. The summed E-state index contributed by atoms with van der Waals surface area (Å²) in [6.07, 6.45) is 0. The first kappa shape index (κ1) is 12.0. The lowest BCUT2D eigenvalue weighted by molar-refractivity contribution is -0.765. The van der Waals surface area contributed by atoms with Crippen molar-refractivity contribution in [1.82, 2.24) is 0 Å². The Labute approximate surface area is 85.6 Å². The molecular weight excluding hydrogens is 258 g/mol. The Morgan fingerprint density at radius 1 is 0.917 bits per heavy atom. The van der Waals surface area contributed by atoms with E-state index in [4.69, 9.17) is 46.4 Å². The van der Waals surface area contributed by atoms with E-state index in [-0.39, 0.29) is 0 Å². The molecule has 0 fully saturated rings. The standard InChI is InChI=1S/C2Cl4N2O4/c3-1(4,5)2(6,7(9)10)8(11)12. The highest BCUT2D eigenvalue weighted by molar-refractivity contribution is 6.70. The predicted molar refractivity (Wildman–Crippen MR) is 42.9 cm³/mol. The summed E-state index contributed by atoms with van der Waals surface area (Å²) in [5.74, 6) is 0. The van der Waals surface area contributed by atoms with Gasteiger partial charge in [0.25, 0.3) is 0 Å². The molecule has 0 heterocycles. The van der Waals surface area contributed by atoms with E-state index in [1.165, 1.54) is 0 Å². The zero-order valence-corrected chi connectivity index (χ0v) is 8.06. The van der Waals surface area contributed by atoms with Crippen molar-refractivity contribution in [2.45, 2.75) is 8.91 Å². The Balaban J connectivity index is 5.17. The van der Waals surface area contributed by atoms with Gasteiger partial charge < -0.3 is 0 Å². The number of alkyl halides is 4. The van der Waals surface area contributed by atoms with Crippen molar-refractivity contribution >= 4 is 46.4 Å². The summed E-state index contributed by atoms with van der Waals surface area (Å²) in [7, 11) is 0. The molecule has 0 spiro atoms. The fourth-order valence-electron chi connectivity index (χ4n) is 0.274. The quantitative estimate of drug-likeness (QED) is 0.248. The third kappa shape index (κ3) is 1.82. The second-order valence-electron chi connectivity index (χ2n) is 1.60. The highest BCUT2D eigenvalue weighted by atomic mass is 35.6. The molecule has 0 saturated carbocycles. The van der Waals surface area contributed by atoms with Crippen LogP contribution in [0, 0.1) is 20.2 Å². The van der Waals surface area contributed by atoms with Crippen LogP contribution in [0.5, 0.6) is 0 Å². The summed E-state index contributed by atoms with van der Waals surface area (Å²) >= 11 is 19.7.